The predicted octanol–water partition coefficient (Wildman–Crippen LogP) is 4.17. The van der Waals surface area contributed by atoms with Crippen molar-refractivity contribution in [1.82, 2.24) is 5.32 Å². The molecule has 0 spiro atoms. The molecule has 2 aliphatic carbocycles. The third kappa shape index (κ3) is 2.71. The van der Waals surface area contributed by atoms with Crippen LogP contribution >= 0.6 is 0 Å². The monoisotopic (exact) mass is 273 g/mol. The second kappa shape index (κ2) is 6.17. The van der Waals surface area contributed by atoms with E-state index in [1.165, 1.54) is 31.2 Å². The van der Waals surface area contributed by atoms with Crippen molar-refractivity contribution in [2.24, 2.45) is 17.8 Å². The molecule has 110 valence electrons. The zero-order valence-corrected chi connectivity index (χ0v) is 12.8. The van der Waals surface area contributed by atoms with Crippen LogP contribution in [0.4, 0.5) is 0 Å². The number of rotatable bonds is 7. The number of nitrogens with one attached hydrogen (secondary N) is 1. The molecule has 0 aliphatic heterocycles. The molecular formula is C18H27NO. The Bertz CT molecular complexity index is 418. The van der Waals surface area contributed by atoms with Gasteiger partial charge in [-0.2, -0.15) is 0 Å². The summed E-state index contributed by atoms with van der Waals surface area (Å²) in [6.45, 7) is 6.14. The highest BCUT2D eigenvalue weighted by Gasteiger charge is 2.55. The molecule has 0 amide bonds. The molecule has 0 bridgehead atoms. The summed E-state index contributed by atoms with van der Waals surface area (Å²) < 4.78 is 5.55. The summed E-state index contributed by atoms with van der Waals surface area (Å²) in [6.07, 6.45) is 5.57. The van der Waals surface area contributed by atoms with Crippen LogP contribution in [0.1, 0.15) is 51.1 Å². The van der Waals surface area contributed by atoms with Crippen molar-refractivity contribution in [3.05, 3.63) is 29.8 Å². The van der Waals surface area contributed by atoms with Gasteiger partial charge in [0.2, 0.25) is 0 Å². The third-order valence-corrected chi connectivity index (χ3v) is 5.02. The number of ether oxygens (including phenoxy) is 1. The van der Waals surface area contributed by atoms with E-state index in [1.807, 2.05) is 6.92 Å². The molecule has 0 heterocycles. The van der Waals surface area contributed by atoms with E-state index < -0.39 is 0 Å². The van der Waals surface area contributed by atoms with Gasteiger partial charge in [-0.25, -0.2) is 0 Å². The molecule has 3 unspecified atom stereocenters. The fourth-order valence-electron chi connectivity index (χ4n) is 4.09. The van der Waals surface area contributed by atoms with Crippen LogP contribution in [0.3, 0.4) is 0 Å². The molecule has 1 aromatic rings. The largest absolute Gasteiger partial charge is 0.494 e. The van der Waals surface area contributed by atoms with E-state index in [-0.39, 0.29) is 0 Å². The van der Waals surface area contributed by atoms with E-state index in [4.69, 9.17) is 4.74 Å². The van der Waals surface area contributed by atoms with Crippen LogP contribution in [0, 0.1) is 17.8 Å². The summed E-state index contributed by atoms with van der Waals surface area (Å²) in [6, 6.07) is 9.31. The molecule has 20 heavy (non-hydrogen) atoms. The minimum Gasteiger partial charge on any atom is -0.494 e. The highest BCUT2D eigenvalue weighted by molar-refractivity contribution is 5.31. The smallest absolute Gasteiger partial charge is 0.119 e. The normalized spacial score (nSPS) is 29.0. The van der Waals surface area contributed by atoms with Crippen molar-refractivity contribution < 1.29 is 4.74 Å². The number of hydrogen-bond acceptors (Lipinski definition) is 2. The maximum absolute atomic E-state index is 5.55. The molecule has 2 heteroatoms. The van der Waals surface area contributed by atoms with Crippen LogP contribution in [-0.2, 0) is 0 Å². The van der Waals surface area contributed by atoms with Gasteiger partial charge in [-0.15, -0.1) is 0 Å². The Morgan fingerprint density at radius 3 is 2.45 bits per heavy atom. The Hall–Kier alpha value is -1.02. The highest BCUT2D eigenvalue weighted by Crippen LogP contribution is 2.62. The fraction of sp³-hybridized carbons (Fsp3) is 0.667. The van der Waals surface area contributed by atoms with Gasteiger partial charge < -0.3 is 10.1 Å². The molecule has 2 nitrogen and oxygen atoms in total. The van der Waals surface area contributed by atoms with E-state index in [0.717, 1.165) is 36.7 Å². The molecule has 2 aliphatic rings. The zero-order valence-electron chi connectivity index (χ0n) is 12.8. The molecule has 0 aromatic heterocycles. The molecule has 2 fully saturated rings. The van der Waals surface area contributed by atoms with E-state index >= 15 is 0 Å². The predicted molar refractivity (Wildman–Crippen MR) is 83.0 cm³/mol. The molecule has 2 saturated carbocycles. The van der Waals surface area contributed by atoms with Crippen LogP contribution in [0.5, 0.6) is 5.75 Å². The standard InChI is InChI=1S/C18H27NO/c1-3-12-19-18(17-15-6-5-7-16(15)17)13-8-10-14(11-9-13)20-4-2/h8-11,15-19H,3-7,12H2,1-2H3. The van der Waals surface area contributed by atoms with Gasteiger partial charge in [0.1, 0.15) is 5.75 Å². The third-order valence-electron chi connectivity index (χ3n) is 5.02. The van der Waals surface area contributed by atoms with Crippen molar-refractivity contribution in [2.75, 3.05) is 13.2 Å². The molecule has 1 aromatic carbocycles. The van der Waals surface area contributed by atoms with Crippen LogP contribution in [0.25, 0.3) is 0 Å². The highest BCUT2D eigenvalue weighted by atomic mass is 16.5. The fourth-order valence-corrected chi connectivity index (χ4v) is 4.09. The van der Waals surface area contributed by atoms with Crippen molar-refractivity contribution in [1.29, 1.82) is 0 Å². The summed E-state index contributed by atoms with van der Waals surface area (Å²) in [5, 5.41) is 3.79. The quantitative estimate of drug-likeness (QED) is 0.805. The molecule has 1 N–H and O–H groups in total. The van der Waals surface area contributed by atoms with Crippen molar-refractivity contribution >= 4 is 0 Å². The van der Waals surface area contributed by atoms with Gasteiger partial charge in [-0.3, -0.25) is 0 Å². The van der Waals surface area contributed by atoms with Crippen molar-refractivity contribution in [2.45, 2.75) is 45.6 Å². The Balaban J connectivity index is 1.71. The number of hydrogen-bond donors (Lipinski definition) is 1. The zero-order chi connectivity index (χ0) is 13.9. The first kappa shape index (κ1) is 13.9. The first-order valence-electron chi connectivity index (χ1n) is 8.31. The first-order chi connectivity index (χ1) is 9.85. The summed E-state index contributed by atoms with van der Waals surface area (Å²) in [7, 11) is 0. The second-order valence-corrected chi connectivity index (χ2v) is 6.27. The summed E-state index contributed by atoms with van der Waals surface area (Å²) >= 11 is 0. The lowest BCUT2D eigenvalue weighted by atomic mass is 9.96. The molecule has 3 atom stereocenters. The summed E-state index contributed by atoms with van der Waals surface area (Å²) in [4.78, 5) is 0. The summed E-state index contributed by atoms with van der Waals surface area (Å²) in [5.41, 5.74) is 1.45. The van der Waals surface area contributed by atoms with Gasteiger partial charge in [-0.05, 0) is 68.2 Å². The lowest BCUT2D eigenvalue weighted by molar-refractivity contribution is 0.339. The maximum Gasteiger partial charge on any atom is 0.119 e. The Morgan fingerprint density at radius 1 is 1.15 bits per heavy atom. The first-order valence-corrected chi connectivity index (χ1v) is 8.31. The average molecular weight is 273 g/mol. The topological polar surface area (TPSA) is 21.3 Å². The lowest BCUT2D eigenvalue weighted by Gasteiger charge is -2.21. The maximum atomic E-state index is 5.55. The Labute approximate surface area is 122 Å². The van der Waals surface area contributed by atoms with Crippen LogP contribution in [-0.4, -0.2) is 13.2 Å². The van der Waals surface area contributed by atoms with Gasteiger partial charge in [0, 0.05) is 6.04 Å². The van der Waals surface area contributed by atoms with Crippen LogP contribution in [0.2, 0.25) is 0 Å². The minimum atomic E-state index is 0.556. The average Bonchev–Trinajstić information content (AvgIpc) is 2.94. The van der Waals surface area contributed by atoms with Gasteiger partial charge in [0.05, 0.1) is 6.61 Å². The van der Waals surface area contributed by atoms with E-state index in [2.05, 4.69) is 36.5 Å². The van der Waals surface area contributed by atoms with Crippen molar-refractivity contribution in [3.8, 4) is 5.75 Å². The molecule has 3 rings (SSSR count). The van der Waals surface area contributed by atoms with E-state index in [9.17, 15) is 0 Å². The van der Waals surface area contributed by atoms with Gasteiger partial charge in [0.15, 0.2) is 0 Å². The van der Waals surface area contributed by atoms with Gasteiger partial charge >= 0.3 is 0 Å². The lowest BCUT2D eigenvalue weighted by Crippen LogP contribution is -2.25. The van der Waals surface area contributed by atoms with Crippen LogP contribution in [0.15, 0.2) is 24.3 Å². The van der Waals surface area contributed by atoms with E-state index in [0.29, 0.717) is 6.04 Å². The second-order valence-electron chi connectivity index (χ2n) is 6.27. The SMILES string of the molecule is CCCNC(c1ccc(OCC)cc1)C1C2CCCC21. The van der Waals surface area contributed by atoms with Crippen LogP contribution < -0.4 is 10.1 Å². The van der Waals surface area contributed by atoms with E-state index in [1.54, 1.807) is 0 Å². The Kier molecular flexibility index (Phi) is 4.30. The molecule has 0 radical (unpaired) electrons. The van der Waals surface area contributed by atoms with Crippen molar-refractivity contribution in [3.63, 3.8) is 0 Å². The molecule has 0 saturated heterocycles. The van der Waals surface area contributed by atoms with Gasteiger partial charge in [-0.1, -0.05) is 25.5 Å². The minimum absolute atomic E-state index is 0.556. The Morgan fingerprint density at radius 2 is 1.85 bits per heavy atom. The number of benzene rings is 1. The molecular weight excluding hydrogens is 246 g/mol. The number of fused-ring (bicyclic) bond motifs is 1. The van der Waals surface area contributed by atoms with Gasteiger partial charge in [0.25, 0.3) is 0 Å². The summed E-state index contributed by atoms with van der Waals surface area (Å²) in [5.74, 6) is 3.86.